The molecule has 3 heteroatoms. The van der Waals surface area contributed by atoms with Crippen molar-refractivity contribution in [3.05, 3.63) is 64.4 Å². The van der Waals surface area contributed by atoms with E-state index in [0.29, 0.717) is 12.8 Å². The second kappa shape index (κ2) is 5.73. The maximum atomic E-state index is 11.8. The Labute approximate surface area is 109 Å². The quantitative estimate of drug-likeness (QED) is 0.865. The fourth-order valence-electron chi connectivity index (χ4n) is 1.60. The Morgan fingerprint density at radius 1 is 1.06 bits per heavy atom. The highest BCUT2D eigenvalue weighted by atomic mass is 79.9. The molecule has 0 atom stereocenters. The number of rotatable bonds is 4. The van der Waals surface area contributed by atoms with Crippen LogP contribution in [0.2, 0.25) is 0 Å². The first-order valence-electron chi connectivity index (χ1n) is 5.40. The first-order valence-corrected chi connectivity index (χ1v) is 6.19. The second-order valence-electron chi connectivity index (χ2n) is 3.85. The molecule has 0 saturated heterocycles. The van der Waals surface area contributed by atoms with Gasteiger partial charge in [-0.05, 0) is 33.6 Å². The minimum absolute atomic E-state index is 0.186. The van der Waals surface area contributed by atoms with Crippen LogP contribution in [0.1, 0.15) is 11.3 Å². The number of aromatic nitrogens is 1. The molecule has 1 heterocycles. The summed E-state index contributed by atoms with van der Waals surface area (Å²) in [5, 5.41) is 0. The second-order valence-corrected chi connectivity index (χ2v) is 4.76. The number of carbonyl (C=O) groups excluding carboxylic acids is 1. The number of halogens is 1. The van der Waals surface area contributed by atoms with Gasteiger partial charge in [-0.15, -0.1) is 0 Å². The molecule has 0 N–H and O–H groups in total. The van der Waals surface area contributed by atoms with Crippen molar-refractivity contribution in [2.75, 3.05) is 0 Å². The van der Waals surface area contributed by atoms with Gasteiger partial charge in [0.2, 0.25) is 0 Å². The minimum Gasteiger partial charge on any atom is -0.299 e. The number of carbonyl (C=O) groups is 1. The summed E-state index contributed by atoms with van der Waals surface area (Å²) in [6.45, 7) is 0. The molecule has 86 valence electrons. The fraction of sp³-hybridized carbons (Fsp3) is 0.143. The molecule has 0 spiro atoms. The third kappa shape index (κ3) is 3.79. The summed E-state index contributed by atoms with van der Waals surface area (Å²) in [5.74, 6) is 0.186. The van der Waals surface area contributed by atoms with E-state index in [-0.39, 0.29) is 5.78 Å². The van der Waals surface area contributed by atoms with Crippen LogP contribution in [0.5, 0.6) is 0 Å². The zero-order valence-electron chi connectivity index (χ0n) is 9.27. The highest BCUT2D eigenvalue weighted by Crippen LogP contribution is 2.09. The van der Waals surface area contributed by atoms with Crippen molar-refractivity contribution in [2.24, 2.45) is 0 Å². The lowest BCUT2D eigenvalue weighted by atomic mass is 10.1. The van der Waals surface area contributed by atoms with Gasteiger partial charge in [0.05, 0.1) is 0 Å². The van der Waals surface area contributed by atoms with E-state index in [1.807, 2.05) is 42.5 Å². The Balaban J connectivity index is 1.96. The maximum Gasteiger partial charge on any atom is 0.143 e. The largest absolute Gasteiger partial charge is 0.299 e. The van der Waals surface area contributed by atoms with Crippen LogP contribution < -0.4 is 0 Å². The van der Waals surface area contributed by atoms with Crippen molar-refractivity contribution >= 4 is 21.7 Å². The standard InChI is InChI=1S/C14H12BrNO/c15-12-6-7-13(16-10-12)9-14(17)8-11-4-2-1-3-5-11/h1-7,10H,8-9H2. The van der Waals surface area contributed by atoms with Gasteiger partial charge >= 0.3 is 0 Å². The molecule has 0 amide bonds. The average Bonchev–Trinajstić information content (AvgIpc) is 2.33. The molecule has 1 aromatic heterocycles. The van der Waals surface area contributed by atoms with E-state index >= 15 is 0 Å². The van der Waals surface area contributed by atoms with E-state index in [9.17, 15) is 4.79 Å². The van der Waals surface area contributed by atoms with E-state index in [4.69, 9.17) is 0 Å². The Morgan fingerprint density at radius 2 is 1.82 bits per heavy atom. The molecule has 0 radical (unpaired) electrons. The van der Waals surface area contributed by atoms with Crippen molar-refractivity contribution in [2.45, 2.75) is 12.8 Å². The zero-order valence-corrected chi connectivity index (χ0v) is 10.9. The van der Waals surface area contributed by atoms with Crippen molar-refractivity contribution in [3.63, 3.8) is 0 Å². The lowest BCUT2D eigenvalue weighted by molar-refractivity contribution is -0.117. The predicted octanol–water partition coefficient (Wildman–Crippen LogP) is 3.20. The van der Waals surface area contributed by atoms with E-state index in [0.717, 1.165) is 15.7 Å². The number of Topliss-reactive ketones (excluding diaryl/α,β-unsaturated/α-hetero) is 1. The van der Waals surface area contributed by atoms with E-state index in [1.165, 1.54) is 0 Å². The molecular formula is C14H12BrNO. The molecule has 2 aromatic rings. The molecule has 1 aromatic carbocycles. The van der Waals surface area contributed by atoms with Crippen molar-refractivity contribution < 1.29 is 4.79 Å². The lowest BCUT2D eigenvalue weighted by Crippen LogP contribution is -2.07. The Morgan fingerprint density at radius 3 is 2.47 bits per heavy atom. The van der Waals surface area contributed by atoms with Gasteiger partial charge < -0.3 is 0 Å². The first kappa shape index (κ1) is 12.0. The third-order valence-electron chi connectivity index (χ3n) is 2.41. The fourth-order valence-corrected chi connectivity index (χ4v) is 1.83. The normalized spacial score (nSPS) is 10.2. The maximum absolute atomic E-state index is 11.8. The molecule has 0 bridgehead atoms. The SMILES string of the molecule is O=C(Cc1ccccc1)Cc1ccc(Br)cn1. The number of benzene rings is 1. The number of pyridine rings is 1. The van der Waals surface area contributed by atoms with Gasteiger partial charge in [-0.25, -0.2) is 0 Å². The number of ketones is 1. The van der Waals surface area contributed by atoms with E-state index in [1.54, 1.807) is 6.20 Å². The molecule has 0 aliphatic rings. The van der Waals surface area contributed by atoms with Crippen LogP contribution in [0.4, 0.5) is 0 Å². The Kier molecular flexibility index (Phi) is 4.04. The molecule has 0 aliphatic carbocycles. The summed E-state index contributed by atoms with van der Waals surface area (Å²) in [6.07, 6.45) is 2.58. The summed E-state index contributed by atoms with van der Waals surface area (Å²) in [5.41, 5.74) is 1.86. The van der Waals surface area contributed by atoms with Gasteiger partial charge in [-0.3, -0.25) is 9.78 Å². The molecule has 0 saturated carbocycles. The van der Waals surface area contributed by atoms with Crippen molar-refractivity contribution in [3.8, 4) is 0 Å². The number of nitrogens with zero attached hydrogens (tertiary/aromatic N) is 1. The van der Waals surface area contributed by atoms with Crippen molar-refractivity contribution in [1.82, 2.24) is 4.98 Å². The summed E-state index contributed by atoms with van der Waals surface area (Å²) in [7, 11) is 0. The summed E-state index contributed by atoms with van der Waals surface area (Å²) < 4.78 is 0.928. The number of hydrogen-bond donors (Lipinski definition) is 0. The smallest absolute Gasteiger partial charge is 0.143 e. The molecule has 2 rings (SSSR count). The first-order chi connectivity index (χ1) is 8.24. The molecular weight excluding hydrogens is 278 g/mol. The average molecular weight is 290 g/mol. The van der Waals surface area contributed by atoms with Crippen molar-refractivity contribution in [1.29, 1.82) is 0 Å². The zero-order chi connectivity index (χ0) is 12.1. The van der Waals surface area contributed by atoms with Crippen LogP contribution in [-0.2, 0) is 17.6 Å². The third-order valence-corrected chi connectivity index (χ3v) is 2.88. The van der Waals surface area contributed by atoms with Gasteiger partial charge in [0.25, 0.3) is 0 Å². The molecule has 0 unspecified atom stereocenters. The Hall–Kier alpha value is -1.48. The monoisotopic (exact) mass is 289 g/mol. The van der Waals surface area contributed by atoms with Crippen LogP contribution >= 0.6 is 15.9 Å². The van der Waals surface area contributed by atoms with Crippen LogP contribution in [-0.4, -0.2) is 10.8 Å². The highest BCUT2D eigenvalue weighted by Gasteiger charge is 2.05. The summed E-state index contributed by atoms with van der Waals surface area (Å²) >= 11 is 3.32. The summed E-state index contributed by atoms with van der Waals surface area (Å²) in [4.78, 5) is 16.0. The lowest BCUT2D eigenvalue weighted by Gasteiger charge is -2.01. The van der Waals surface area contributed by atoms with Gasteiger partial charge in [0.15, 0.2) is 0 Å². The van der Waals surface area contributed by atoms with Gasteiger partial charge in [0, 0.05) is 29.2 Å². The number of hydrogen-bond acceptors (Lipinski definition) is 2. The molecule has 0 aliphatic heterocycles. The molecule has 2 nitrogen and oxygen atoms in total. The van der Waals surface area contributed by atoms with Gasteiger partial charge in [-0.1, -0.05) is 30.3 Å². The van der Waals surface area contributed by atoms with Gasteiger partial charge in [0.1, 0.15) is 5.78 Å². The van der Waals surface area contributed by atoms with Crippen LogP contribution in [0, 0.1) is 0 Å². The molecule has 0 fully saturated rings. The van der Waals surface area contributed by atoms with E-state index in [2.05, 4.69) is 20.9 Å². The highest BCUT2D eigenvalue weighted by molar-refractivity contribution is 9.10. The predicted molar refractivity (Wildman–Crippen MR) is 70.8 cm³/mol. The van der Waals surface area contributed by atoms with Gasteiger partial charge in [-0.2, -0.15) is 0 Å². The Bertz CT molecular complexity index is 493. The van der Waals surface area contributed by atoms with E-state index < -0.39 is 0 Å². The minimum atomic E-state index is 0.186. The molecule has 17 heavy (non-hydrogen) atoms. The summed E-state index contributed by atoms with van der Waals surface area (Å²) in [6, 6.07) is 13.5. The topological polar surface area (TPSA) is 30.0 Å². The van der Waals surface area contributed by atoms with Crippen LogP contribution in [0.15, 0.2) is 53.1 Å². The van der Waals surface area contributed by atoms with Crippen LogP contribution in [0.3, 0.4) is 0 Å². The van der Waals surface area contributed by atoms with Crippen LogP contribution in [0.25, 0.3) is 0 Å².